The van der Waals surface area contributed by atoms with Gasteiger partial charge < -0.3 is 16.2 Å². The lowest BCUT2D eigenvalue weighted by atomic mass is 9.85. The van der Waals surface area contributed by atoms with Gasteiger partial charge in [-0.1, -0.05) is 0 Å². The standard InChI is InChI=1S/C12H19N3O2/c1-8-6-11(13)15(12(16)17)7-10(8)9-2-4-14-5-3-9/h6,9,14H,2-5,7,13H2,1H3,(H,16,17). The molecule has 0 unspecified atom stereocenters. The SMILES string of the molecule is CC1=C(C2CCNCC2)CN(C(=O)O)C(N)=C1. The maximum absolute atomic E-state index is 11.1. The minimum atomic E-state index is -0.974. The van der Waals surface area contributed by atoms with Crippen molar-refractivity contribution in [3.63, 3.8) is 0 Å². The molecule has 94 valence electrons. The lowest BCUT2D eigenvalue weighted by molar-refractivity contribution is 0.159. The van der Waals surface area contributed by atoms with Crippen LogP contribution in [0.5, 0.6) is 0 Å². The third kappa shape index (κ3) is 2.44. The predicted molar refractivity (Wildman–Crippen MR) is 65.3 cm³/mol. The minimum Gasteiger partial charge on any atom is -0.465 e. The summed E-state index contributed by atoms with van der Waals surface area (Å²) >= 11 is 0. The third-order valence-electron chi connectivity index (χ3n) is 3.57. The van der Waals surface area contributed by atoms with Gasteiger partial charge in [0, 0.05) is 0 Å². The molecule has 0 atom stereocenters. The molecule has 2 heterocycles. The number of piperidine rings is 1. The van der Waals surface area contributed by atoms with Gasteiger partial charge in [-0.25, -0.2) is 4.79 Å². The number of carboxylic acid groups (broad SMARTS) is 1. The zero-order chi connectivity index (χ0) is 12.4. The highest BCUT2D eigenvalue weighted by atomic mass is 16.4. The van der Waals surface area contributed by atoms with E-state index in [0.29, 0.717) is 18.3 Å². The second-order valence-corrected chi connectivity index (χ2v) is 4.67. The molecule has 0 aromatic rings. The molecule has 2 aliphatic rings. The molecule has 2 rings (SSSR count). The largest absolute Gasteiger partial charge is 0.465 e. The summed E-state index contributed by atoms with van der Waals surface area (Å²) in [5, 5.41) is 12.4. The van der Waals surface area contributed by atoms with E-state index in [4.69, 9.17) is 10.8 Å². The molecular weight excluding hydrogens is 218 g/mol. The molecule has 0 radical (unpaired) electrons. The van der Waals surface area contributed by atoms with E-state index >= 15 is 0 Å². The Morgan fingerprint density at radius 3 is 2.76 bits per heavy atom. The highest BCUT2D eigenvalue weighted by Crippen LogP contribution is 2.29. The first-order valence-electron chi connectivity index (χ1n) is 5.97. The molecule has 4 N–H and O–H groups in total. The van der Waals surface area contributed by atoms with Crippen LogP contribution in [0.15, 0.2) is 23.0 Å². The van der Waals surface area contributed by atoms with E-state index in [1.165, 1.54) is 10.5 Å². The molecule has 0 spiro atoms. The van der Waals surface area contributed by atoms with Gasteiger partial charge in [0.1, 0.15) is 5.82 Å². The minimum absolute atomic E-state index is 0.327. The molecule has 1 fully saturated rings. The van der Waals surface area contributed by atoms with E-state index in [2.05, 4.69) is 5.32 Å². The summed E-state index contributed by atoms with van der Waals surface area (Å²) in [5.74, 6) is 0.815. The number of amides is 1. The van der Waals surface area contributed by atoms with Crippen LogP contribution in [0.2, 0.25) is 0 Å². The van der Waals surface area contributed by atoms with Crippen molar-refractivity contribution in [3.05, 3.63) is 23.0 Å². The van der Waals surface area contributed by atoms with Gasteiger partial charge >= 0.3 is 6.09 Å². The Morgan fingerprint density at radius 2 is 2.18 bits per heavy atom. The summed E-state index contributed by atoms with van der Waals surface area (Å²) in [7, 11) is 0. The third-order valence-corrected chi connectivity index (χ3v) is 3.57. The molecule has 1 saturated heterocycles. The normalized spacial score (nSPS) is 22.6. The van der Waals surface area contributed by atoms with Crippen LogP contribution in [0, 0.1) is 5.92 Å². The lowest BCUT2D eigenvalue weighted by Gasteiger charge is -2.32. The first-order valence-corrected chi connectivity index (χ1v) is 5.97. The van der Waals surface area contributed by atoms with Crippen LogP contribution in [-0.4, -0.2) is 35.7 Å². The van der Waals surface area contributed by atoms with Gasteiger partial charge in [0.05, 0.1) is 6.54 Å². The number of rotatable bonds is 1. The van der Waals surface area contributed by atoms with Crippen LogP contribution in [0.25, 0.3) is 0 Å². The van der Waals surface area contributed by atoms with Crippen molar-refractivity contribution in [2.24, 2.45) is 11.7 Å². The molecule has 0 aromatic heterocycles. The monoisotopic (exact) mass is 237 g/mol. The number of nitrogens with one attached hydrogen (secondary N) is 1. The van der Waals surface area contributed by atoms with Crippen LogP contribution in [0.3, 0.4) is 0 Å². The van der Waals surface area contributed by atoms with Crippen molar-refractivity contribution >= 4 is 6.09 Å². The van der Waals surface area contributed by atoms with Gasteiger partial charge in [0.25, 0.3) is 0 Å². The number of nitrogens with zero attached hydrogens (tertiary/aromatic N) is 1. The lowest BCUT2D eigenvalue weighted by Crippen LogP contribution is -2.39. The molecule has 0 aromatic carbocycles. The van der Waals surface area contributed by atoms with E-state index in [-0.39, 0.29) is 0 Å². The topological polar surface area (TPSA) is 78.6 Å². The first kappa shape index (κ1) is 12.0. The van der Waals surface area contributed by atoms with E-state index < -0.39 is 6.09 Å². The number of hydrogen-bond acceptors (Lipinski definition) is 3. The Labute approximate surface area is 101 Å². The summed E-state index contributed by atoms with van der Waals surface area (Å²) in [4.78, 5) is 12.3. The first-order chi connectivity index (χ1) is 8.09. The van der Waals surface area contributed by atoms with Gasteiger partial charge in [-0.15, -0.1) is 0 Å². The molecule has 5 heteroatoms. The van der Waals surface area contributed by atoms with Gasteiger partial charge in [-0.2, -0.15) is 0 Å². The Balaban J connectivity index is 2.20. The summed E-state index contributed by atoms with van der Waals surface area (Å²) in [6.45, 7) is 4.46. The summed E-state index contributed by atoms with van der Waals surface area (Å²) in [5.41, 5.74) is 8.08. The van der Waals surface area contributed by atoms with Crippen LogP contribution in [0.1, 0.15) is 19.8 Å². The fourth-order valence-corrected chi connectivity index (χ4v) is 2.58. The quantitative estimate of drug-likeness (QED) is 0.638. The van der Waals surface area contributed by atoms with Crippen LogP contribution < -0.4 is 11.1 Å². The molecule has 5 nitrogen and oxygen atoms in total. The molecule has 17 heavy (non-hydrogen) atoms. The average molecular weight is 237 g/mol. The highest BCUT2D eigenvalue weighted by molar-refractivity contribution is 5.68. The molecular formula is C12H19N3O2. The fraction of sp³-hybridized carbons (Fsp3) is 0.583. The predicted octanol–water partition coefficient (Wildman–Crippen LogP) is 1.10. The molecule has 1 amide bonds. The summed E-state index contributed by atoms with van der Waals surface area (Å²) in [6.07, 6.45) is 2.95. The van der Waals surface area contributed by atoms with Crippen molar-refractivity contribution in [1.82, 2.24) is 10.2 Å². The average Bonchev–Trinajstić information content (AvgIpc) is 2.29. The van der Waals surface area contributed by atoms with E-state index in [1.807, 2.05) is 6.92 Å². The summed E-state index contributed by atoms with van der Waals surface area (Å²) < 4.78 is 0. The van der Waals surface area contributed by atoms with Gasteiger partial charge in [0.15, 0.2) is 0 Å². The van der Waals surface area contributed by atoms with E-state index in [9.17, 15) is 4.79 Å². The number of nitrogens with two attached hydrogens (primary N) is 1. The molecule has 0 aliphatic carbocycles. The highest BCUT2D eigenvalue weighted by Gasteiger charge is 2.27. The summed E-state index contributed by atoms with van der Waals surface area (Å²) in [6, 6.07) is 0. The van der Waals surface area contributed by atoms with Crippen LogP contribution >= 0.6 is 0 Å². The molecule has 2 aliphatic heterocycles. The van der Waals surface area contributed by atoms with Crippen molar-refractivity contribution in [3.8, 4) is 0 Å². The van der Waals surface area contributed by atoms with Gasteiger partial charge in [-0.3, -0.25) is 4.90 Å². The fourth-order valence-electron chi connectivity index (χ4n) is 2.58. The van der Waals surface area contributed by atoms with Crippen molar-refractivity contribution in [2.45, 2.75) is 19.8 Å². The van der Waals surface area contributed by atoms with Crippen molar-refractivity contribution < 1.29 is 9.90 Å². The Hall–Kier alpha value is -1.49. The number of allylic oxidation sites excluding steroid dienone is 2. The maximum Gasteiger partial charge on any atom is 0.413 e. The van der Waals surface area contributed by atoms with Gasteiger partial charge in [0.2, 0.25) is 0 Å². The maximum atomic E-state index is 11.1. The van der Waals surface area contributed by atoms with Gasteiger partial charge in [-0.05, 0) is 56.0 Å². The molecule has 0 saturated carbocycles. The van der Waals surface area contributed by atoms with Crippen molar-refractivity contribution in [2.75, 3.05) is 19.6 Å². The zero-order valence-electron chi connectivity index (χ0n) is 10.1. The molecule has 0 bridgehead atoms. The zero-order valence-corrected chi connectivity index (χ0v) is 10.1. The number of carbonyl (C=O) groups is 1. The van der Waals surface area contributed by atoms with E-state index in [1.54, 1.807) is 6.08 Å². The van der Waals surface area contributed by atoms with Crippen LogP contribution in [0.4, 0.5) is 4.79 Å². The second kappa shape index (κ2) is 4.79. The Morgan fingerprint density at radius 1 is 1.53 bits per heavy atom. The number of hydrogen-bond donors (Lipinski definition) is 3. The van der Waals surface area contributed by atoms with Crippen LogP contribution in [-0.2, 0) is 0 Å². The smallest absolute Gasteiger partial charge is 0.413 e. The Kier molecular flexibility index (Phi) is 3.38. The Bertz CT molecular complexity index is 381. The van der Waals surface area contributed by atoms with Crippen molar-refractivity contribution in [1.29, 1.82) is 0 Å². The second-order valence-electron chi connectivity index (χ2n) is 4.67. The van der Waals surface area contributed by atoms with E-state index in [0.717, 1.165) is 31.5 Å².